The Morgan fingerprint density at radius 1 is 1.45 bits per heavy atom. The Labute approximate surface area is 118 Å². The summed E-state index contributed by atoms with van der Waals surface area (Å²) >= 11 is 0. The summed E-state index contributed by atoms with van der Waals surface area (Å²) in [6.07, 6.45) is 0.0729. The van der Waals surface area contributed by atoms with Crippen LogP contribution in [0.5, 0.6) is 0 Å². The molecule has 0 saturated carbocycles. The molecule has 1 fully saturated rings. The molecule has 0 aromatic heterocycles. The summed E-state index contributed by atoms with van der Waals surface area (Å²) in [7, 11) is 0. The molecule has 0 bridgehead atoms. The maximum absolute atomic E-state index is 11.9. The quantitative estimate of drug-likeness (QED) is 0.720. The van der Waals surface area contributed by atoms with Crippen LogP contribution in [-0.4, -0.2) is 35.6 Å². The molecule has 1 heterocycles. The number of hydrogen-bond donors (Lipinski definition) is 3. The predicted molar refractivity (Wildman–Crippen MR) is 74.9 cm³/mol. The minimum atomic E-state index is -0.647. The molecule has 2 amide bonds. The van der Waals surface area contributed by atoms with Crippen LogP contribution < -0.4 is 10.6 Å². The van der Waals surface area contributed by atoms with Gasteiger partial charge in [0.1, 0.15) is 0 Å². The van der Waals surface area contributed by atoms with Crippen LogP contribution in [0.15, 0.2) is 30.3 Å². The van der Waals surface area contributed by atoms with E-state index >= 15 is 0 Å². The Kier molecular flexibility index (Phi) is 4.74. The lowest BCUT2D eigenvalue weighted by Gasteiger charge is -2.21. The van der Waals surface area contributed by atoms with E-state index in [-0.39, 0.29) is 30.2 Å². The van der Waals surface area contributed by atoms with Crippen LogP contribution in [0, 0.1) is 5.92 Å². The van der Waals surface area contributed by atoms with Crippen molar-refractivity contribution in [3.63, 3.8) is 0 Å². The lowest BCUT2D eigenvalue weighted by molar-refractivity contribution is -0.127. The number of benzene rings is 1. The fourth-order valence-corrected chi connectivity index (χ4v) is 2.26. The van der Waals surface area contributed by atoms with Gasteiger partial charge in [0.2, 0.25) is 11.8 Å². The van der Waals surface area contributed by atoms with Gasteiger partial charge in [0.05, 0.1) is 18.1 Å². The highest BCUT2D eigenvalue weighted by Crippen LogP contribution is 2.11. The zero-order valence-electron chi connectivity index (χ0n) is 11.5. The van der Waals surface area contributed by atoms with Crippen LogP contribution in [0.25, 0.3) is 0 Å². The molecule has 3 unspecified atom stereocenters. The van der Waals surface area contributed by atoms with Crippen LogP contribution in [0.3, 0.4) is 0 Å². The van der Waals surface area contributed by atoms with Gasteiger partial charge in [-0.15, -0.1) is 0 Å². The monoisotopic (exact) mass is 276 g/mol. The molecule has 108 valence electrons. The van der Waals surface area contributed by atoms with Gasteiger partial charge in [-0.3, -0.25) is 9.59 Å². The lowest BCUT2D eigenvalue weighted by Crippen LogP contribution is -2.45. The summed E-state index contributed by atoms with van der Waals surface area (Å²) < 4.78 is 0. The Balaban J connectivity index is 1.83. The molecule has 1 aromatic rings. The van der Waals surface area contributed by atoms with Crippen LogP contribution in [0.1, 0.15) is 18.9 Å². The predicted octanol–water partition coefficient (Wildman–Crippen LogP) is 0.231. The van der Waals surface area contributed by atoms with Crippen molar-refractivity contribution >= 4 is 11.8 Å². The fraction of sp³-hybridized carbons (Fsp3) is 0.467. The first kappa shape index (κ1) is 14.5. The minimum absolute atomic E-state index is 0.0948. The molecule has 20 heavy (non-hydrogen) atoms. The average molecular weight is 276 g/mol. The lowest BCUT2D eigenvalue weighted by atomic mass is 10.0. The van der Waals surface area contributed by atoms with Gasteiger partial charge in [-0.2, -0.15) is 0 Å². The van der Waals surface area contributed by atoms with Gasteiger partial charge < -0.3 is 15.7 Å². The standard InChI is InChI=1S/C15H20N2O3/c1-10(13(18)7-11-5-3-2-4-6-11)17-15(20)12-8-14(19)16-9-12/h2-6,10,12-13,18H,7-9H2,1H3,(H,16,19)(H,17,20). The normalized spacial score (nSPS) is 21.1. The second-order valence-corrected chi connectivity index (χ2v) is 5.26. The summed E-state index contributed by atoms with van der Waals surface area (Å²) in [6.45, 7) is 2.15. The largest absolute Gasteiger partial charge is 0.391 e. The summed E-state index contributed by atoms with van der Waals surface area (Å²) in [6, 6.07) is 9.29. The van der Waals surface area contributed by atoms with E-state index < -0.39 is 6.10 Å². The molecule has 5 heteroatoms. The van der Waals surface area contributed by atoms with Gasteiger partial charge in [0.15, 0.2) is 0 Å². The summed E-state index contributed by atoms with van der Waals surface area (Å²) in [5.74, 6) is -0.598. The van der Waals surface area contributed by atoms with Crippen molar-refractivity contribution in [2.24, 2.45) is 5.92 Å². The number of aliphatic hydroxyl groups is 1. The number of aliphatic hydroxyl groups excluding tert-OH is 1. The Morgan fingerprint density at radius 3 is 2.75 bits per heavy atom. The number of amides is 2. The van der Waals surface area contributed by atoms with Gasteiger partial charge in [-0.05, 0) is 12.5 Å². The van der Waals surface area contributed by atoms with Crippen molar-refractivity contribution in [2.75, 3.05) is 6.54 Å². The molecule has 1 aliphatic heterocycles. The molecule has 1 aliphatic rings. The van der Waals surface area contributed by atoms with Gasteiger partial charge in [0.25, 0.3) is 0 Å². The molecule has 3 N–H and O–H groups in total. The first-order chi connectivity index (χ1) is 9.56. The molecule has 1 aromatic carbocycles. The Hall–Kier alpha value is -1.88. The van der Waals surface area contributed by atoms with Gasteiger partial charge in [0, 0.05) is 19.4 Å². The molecule has 3 atom stereocenters. The van der Waals surface area contributed by atoms with Crippen molar-refractivity contribution < 1.29 is 14.7 Å². The number of hydrogen-bond acceptors (Lipinski definition) is 3. The second kappa shape index (κ2) is 6.52. The van der Waals surface area contributed by atoms with Gasteiger partial charge >= 0.3 is 0 Å². The van der Waals surface area contributed by atoms with Crippen LogP contribution in [0.2, 0.25) is 0 Å². The maximum atomic E-state index is 11.9. The molecule has 1 saturated heterocycles. The third kappa shape index (κ3) is 3.81. The van der Waals surface area contributed by atoms with Gasteiger partial charge in [-0.1, -0.05) is 30.3 Å². The third-order valence-corrected chi connectivity index (χ3v) is 3.58. The van der Waals surface area contributed by atoms with E-state index in [2.05, 4.69) is 10.6 Å². The SMILES string of the molecule is CC(NC(=O)C1CNC(=O)C1)C(O)Cc1ccccc1. The Bertz CT molecular complexity index is 475. The van der Waals surface area contributed by atoms with Crippen molar-refractivity contribution in [1.29, 1.82) is 0 Å². The molecule has 0 radical (unpaired) electrons. The fourth-order valence-electron chi connectivity index (χ4n) is 2.26. The number of carbonyl (C=O) groups excluding carboxylic acids is 2. The number of rotatable bonds is 5. The summed E-state index contributed by atoms with van der Waals surface area (Å²) in [5, 5.41) is 15.5. The molecular formula is C15H20N2O3. The number of carbonyl (C=O) groups is 2. The van der Waals surface area contributed by atoms with Crippen LogP contribution >= 0.6 is 0 Å². The van der Waals surface area contributed by atoms with E-state index in [1.807, 2.05) is 30.3 Å². The van der Waals surface area contributed by atoms with Crippen molar-refractivity contribution in [3.8, 4) is 0 Å². The van der Waals surface area contributed by atoms with Crippen LogP contribution in [-0.2, 0) is 16.0 Å². The van der Waals surface area contributed by atoms with Crippen molar-refractivity contribution in [2.45, 2.75) is 31.9 Å². The first-order valence-corrected chi connectivity index (χ1v) is 6.85. The van der Waals surface area contributed by atoms with E-state index in [1.54, 1.807) is 6.92 Å². The molecule has 0 spiro atoms. The van der Waals surface area contributed by atoms with Gasteiger partial charge in [-0.25, -0.2) is 0 Å². The van der Waals surface area contributed by atoms with E-state index in [0.717, 1.165) is 5.56 Å². The minimum Gasteiger partial charge on any atom is -0.391 e. The van der Waals surface area contributed by atoms with E-state index in [1.165, 1.54) is 0 Å². The Morgan fingerprint density at radius 2 is 2.15 bits per heavy atom. The van der Waals surface area contributed by atoms with E-state index in [0.29, 0.717) is 13.0 Å². The number of nitrogens with one attached hydrogen (secondary N) is 2. The molecule has 2 rings (SSSR count). The molecular weight excluding hydrogens is 256 g/mol. The van der Waals surface area contributed by atoms with E-state index in [9.17, 15) is 14.7 Å². The van der Waals surface area contributed by atoms with E-state index in [4.69, 9.17) is 0 Å². The highest BCUT2D eigenvalue weighted by Gasteiger charge is 2.29. The van der Waals surface area contributed by atoms with Crippen molar-refractivity contribution in [3.05, 3.63) is 35.9 Å². The second-order valence-electron chi connectivity index (χ2n) is 5.26. The summed E-state index contributed by atoms with van der Waals surface area (Å²) in [4.78, 5) is 23.0. The zero-order chi connectivity index (χ0) is 14.5. The molecule has 0 aliphatic carbocycles. The maximum Gasteiger partial charge on any atom is 0.225 e. The highest BCUT2D eigenvalue weighted by atomic mass is 16.3. The highest BCUT2D eigenvalue weighted by molar-refractivity contribution is 5.89. The molecule has 5 nitrogen and oxygen atoms in total. The van der Waals surface area contributed by atoms with Crippen LogP contribution in [0.4, 0.5) is 0 Å². The first-order valence-electron chi connectivity index (χ1n) is 6.85. The summed E-state index contributed by atoms with van der Waals surface area (Å²) in [5.41, 5.74) is 1.03. The zero-order valence-corrected chi connectivity index (χ0v) is 11.5. The average Bonchev–Trinajstić information content (AvgIpc) is 2.86. The topological polar surface area (TPSA) is 78.4 Å². The smallest absolute Gasteiger partial charge is 0.225 e. The third-order valence-electron chi connectivity index (χ3n) is 3.58. The van der Waals surface area contributed by atoms with Crippen molar-refractivity contribution in [1.82, 2.24) is 10.6 Å².